The zero-order chi connectivity index (χ0) is 25.9. The topological polar surface area (TPSA) is 92.3 Å². The number of thiazole rings is 1. The zero-order valence-electron chi connectivity index (χ0n) is 20.5. The first-order valence-electron chi connectivity index (χ1n) is 12.5. The lowest BCUT2D eigenvalue weighted by Crippen LogP contribution is -2.22. The van der Waals surface area contributed by atoms with Gasteiger partial charge in [-0.2, -0.15) is 0 Å². The number of anilines is 1. The highest BCUT2D eigenvalue weighted by Gasteiger charge is 2.21. The minimum atomic E-state index is -0.206. The molecule has 38 heavy (non-hydrogen) atoms. The highest BCUT2D eigenvalue weighted by molar-refractivity contribution is 7.99. The molecule has 3 N–H and O–H groups in total. The third-order valence-electron chi connectivity index (χ3n) is 6.57. The Morgan fingerprint density at radius 3 is 2.79 bits per heavy atom. The van der Waals surface area contributed by atoms with E-state index in [0.717, 1.165) is 57.1 Å². The number of carbonyl (C=O) groups excluding carboxylic acids is 2. The molecule has 0 unspecified atom stereocenters. The maximum absolute atomic E-state index is 12.9. The second-order valence-electron chi connectivity index (χ2n) is 9.27. The summed E-state index contributed by atoms with van der Waals surface area (Å²) in [7, 11) is 0. The molecule has 3 heterocycles. The predicted molar refractivity (Wildman–Crippen MR) is 150 cm³/mol. The van der Waals surface area contributed by atoms with Gasteiger partial charge in [0, 0.05) is 44.5 Å². The Labute approximate surface area is 229 Å². The van der Waals surface area contributed by atoms with Crippen molar-refractivity contribution < 1.29 is 14.3 Å². The van der Waals surface area contributed by atoms with Crippen LogP contribution in [0.25, 0.3) is 10.6 Å². The van der Waals surface area contributed by atoms with Gasteiger partial charge in [-0.1, -0.05) is 23.9 Å². The predicted octanol–water partition coefficient (Wildman–Crippen LogP) is 5.45. The molecule has 0 radical (unpaired) electrons. The third-order valence-corrected chi connectivity index (χ3v) is 8.77. The summed E-state index contributed by atoms with van der Waals surface area (Å²) in [4.78, 5) is 32.8. The van der Waals surface area contributed by atoms with E-state index in [2.05, 4.69) is 20.9 Å². The molecule has 1 aromatic heterocycles. The second-order valence-corrected chi connectivity index (χ2v) is 11.5. The number of ether oxygens (including phenoxy) is 1. The molecule has 7 nitrogen and oxygen atoms in total. The summed E-state index contributed by atoms with van der Waals surface area (Å²) >= 11 is 3.06. The quantitative estimate of drug-likeness (QED) is 0.288. The Kier molecular flexibility index (Phi) is 7.13. The van der Waals surface area contributed by atoms with Gasteiger partial charge in [-0.05, 0) is 67.6 Å². The smallest absolute Gasteiger partial charge is 0.256 e. The van der Waals surface area contributed by atoms with Crippen LogP contribution in [0.15, 0.2) is 82.7 Å². The fourth-order valence-corrected chi connectivity index (χ4v) is 6.33. The molecule has 0 saturated carbocycles. The molecule has 4 aromatic rings. The molecule has 6 rings (SSSR count). The zero-order valence-corrected chi connectivity index (χ0v) is 22.2. The van der Waals surface area contributed by atoms with Crippen LogP contribution in [0.5, 0.6) is 5.75 Å². The number of nitrogens with zero attached hydrogens (tertiary/aromatic N) is 1. The van der Waals surface area contributed by atoms with Crippen molar-refractivity contribution in [2.75, 3.05) is 25.0 Å². The number of carbonyl (C=O) groups is 2. The fourth-order valence-electron chi connectivity index (χ4n) is 4.47. The SMILES string of the molecule is O=C(NCc1cnc(-c2ccc(OC[C@@H]3CCNC3)cc2)s1)c1ccc2c(c1)NC(=O)c1ccccc1S2. The molecular weight excluding hydrogens is 516 g/mol. The molecule has 0 bridgehead atoms. The van der Waals surface area contributed by atoms with E-state index in [-0.39, 0.29) is 11.8 Å². The van der Waals surface area contributed by atoms with Gasteiger partial charge in [0.1, 0.15) is 10.8 Å². The van der Waals surface area contributed by atoms with Gasteiger partial charge in [0.2, 0.25) is 0 Å². The standard InChI is InChI=1S/C29H26N4O3S2/c34-27(20-7-10-26-24(13-20)33-28(35)23-3-1-2-4-25(23)38-26)31-15-22-16-32-29(37-22)19-5-8-21(9-6-19)36-17-18-11-12-30-14-18/h1-10,13,16,18,30H,11-12,14-15,17H2,(H,31,34)(H,33,35)/t18-/m1/s1. The van der Waals surface area contributed by atoms with Crippen molar-refractivity contribution in [3.63, 3.8) is 0 Å². The van der Waals surface area contributed by atoms with Gasteiger partial charge in [0.25, 0.3) is 11.8 Å². The lowest BCUT2D eigenvalue weighted by Gasteiger charge is -2.11. The minimum absolute atomic E-state index is 0.174. The average Bonchev–Trinajstić information content (AvgIpc) is 3.62. The van der Waals surface area contributed by atoms with E-state index in [1.807, 2.05) is 48.5 Å². The molecule has 0 spiro atoms. The van der Waals surface area contributed by atoms with Gasteiger partial charge in [-0.3, -0.25) is 9.59 Å². The van der Waals surface area contributed by atoms with Crippen LogP contribution in [0.4, 0.5) is 5.69 Å². The largest absolute Gasteiger partial charge is 0.493 e. The van der Waals surface area contributed by atoms with Gasteiger partial charge in [0.05, 0.1) is 24.4 Å². The van der Waals surface area contributed by atoms with Crippen LogP contribution in [0.1, 0.15) is 32.0 Å². The summed E-state index contributed by atoms with van der Waals surface area (Å²) < 4.78 is 5.93. The van der Waals surface area contributed by atoms with E-state index in [1.165, 1.54) is 11.8 Å². The van der Waals surface area contributed by atoms with Gasteiger partial charge in [-0.15, -0.1) is 11.3 Å². The van der Waals surface area contributed by atoms with Crippen molar-refractivity contribution in [2.45, 2.75) is 22.8 Å². The highest BCUT2D eigenvalue weighted by Crippen LogP contribution is 2.39. The van der Waals surface area contributed by atoms with Crippen molar-refractivity contribution in [3.05, 3.63) is 88.9 Å². The Morgan fingerprint density at radius 2 is 1.95 bits per heavy atom. The van der Waals surface area contributed by atoms with Crippen LogP contribution in [-0.4, -0.2) is 36.5 Å². The number of aromatic nitrogens is 1. The number of amides is 2. The molecule has 9 heteroatoms. The molecule has 3 aromatic carbocycles. The summed E-state index contributed by atoms with van der Waals surface area (Å²) in [6, 6.07) is 20.9. The normalized spacial score (nSPS) is 16.2. The van der Waals surface area contributed by atoms with E-state index in [0.29, 0.717) is 29.3 Å². The molecule has 2 amide bonds. The first-order valence-corrected chi connectivity index (χ1v) is 14.1. The minimum Gasteiger partial charge on any atom is -0.493 e. The molecule has 2 aliphatic heterocycles. The van der Waals surface area contributed by atoms with Crippen molar-refractivity contribution in [1.29, 1.82) is 0 Å². The van der Waals surface area contributed by atoms with E-state index < -0.39 is 0 Å². The van der Waals surface area contributed by atoms with Gasteiger partial charge >= 0.3 is 0 Å². The average molecular weight is 543 g/mol. The molecule has 2 aliphatic rings. The van der Waals surface area contributed by atoms with Gasteiger partial charge in [-0.25, -0.2) is 4.98 Å². The number of nitrogens with one attached hydrogen (secondary N) is 3. The first-order chi connectivity index (χ1) is 18.6. The van der Waals surface area contributed by atoms with Crippen LogP contribution < -0.4 is 20.7 Å². The Hall–Kier alpha value is -3.66. The lowest BCUT2D eigenvalue weighted by molar-refractivity contribution is 0.0949. The second kappa shape index (κ2) is 11.0. The number of fused-ring (bicyclic) bond motifs is 2. The van der Waals surface area contributed by atoms with Crippen LogP contribution in [-0.2, 0) is 6.54 Å². The third kappa shape index (κ3) is 5.45. The van der Waals surface area contributed by atoms with Gasteiger partial charge in [0.15, 0.2) is 0 Å². The number of hydrogen-bond acceptors (Lipinski definition) is 7. The first kappa shape index (κ1) is 24.7. The Bertz CT molecular complexity index is 1480. The van der Waals surface area contributed by atoms with Crippen molar-refractivity contribution in [3.8, 4) is 16.3 Å². The van der Waals surface area contributed by atoms with E-state index in [4.69, 9.17) is 4.74 Å². The number of benzene rings is 3. The van der Waals surface area contributed by atoms with Crippen molar-refractivity contribution in [1.82, 2.24) is 15.6 Å². The number of rotatable bonds is 7. The van der Waals surface area contributed by atoms with Crippen molar-refractivity contribution >= 4 is 40.6 Å². The lowest BCUT2D eigenvalue weighted by atomic mass is 10.1. The van der Waals surface area contributed by atoms with Crippen LogP contribution in [0.3, 0.4) is 0 Å². The monoisotopic (exact) mass is 542 g/mol. The molecule has 192 valence electrons. The molecule has 1 saturated heterocycles. The Balaban J connectivity index is 1.06. The fraction of sp³-hybridized carbons (Fsp3) is 0.207. The maximum Gasteiger partial charge on any atom is 0.256 e. The summed E-state index contributed by atoms with van der Waals surface area (Å²) in [6.45, 7) is 3.19. The molecule has 1 atom stereocenters. The van der Waals surface area contributed by atoms with Crippen LogP contribution >= 0.6 is 23.1 Å². The molecule has 1 fully saturated rings. The summed E-state index contributed by atoms with van der Waals surface area (Å²) in [6.07, 6.45) is 2.95. The summed E-state index contributed by atoms with van der Waals surface area (Å²) in [5.74, 6) is 1.06. The highest BCUT2D eigenvalue weighted by atomic mass is 32.2. The van der Waals surface area contributed by atoms with Gasteiger partial charge < -0.3 is 20.7 Å². The maximum atomic E-state index is 12.9. The molecule has 0 aliphatic carbocycles. The van der Waals surface area contributed by atoms with E-state index >= 15 is 0 Å². The summed E-state index contributed by atoms with van der Waals surface area (Å²) in [5.41, 5.74) is 2.77. The molecular formula is C29H26N4O3S2. The van der Waals surface area contributed by atoms with E-state index in [9.17, 15) is 9.59 Å². The van der Waals surface area contributed by atoms with E-state index in [1.54, 1.807) is 35.7 Å². The van der Waals surface area contributed by atoms with Crippen LogP contribution in [0, 0.1) is 5.92 Å². The Morgan fingerprint density at radius 1 is 1.08 bits per heavy atom. The number of hydrogen-bond donors (Lipinski definition) is 3. The van der Waals surface area contributed by atoms with Crippen LogP contribution in [0.2, 0.25) is 0 Å². The van der Waals surface area contributed by atoms with Crippen molar-refractivity contribution in [2.24, 2.45) is 5.92 Å². The summed E-state index contributed by atoms with van der Waals surface area (Å²) in [5, 5.41) is 10.2.